The number of pyridine rings is 2. The summed E-state index contributed by atoms with van der Waals surface area (Å²) in [5.74, 6) is 0.649. The van der Waals surface area contributed by atoms with E-state index in [4.69, 9.17) is 11.6 Å². The average molecular weight is 401 g/mol. The molecule has 3 aromatic rings. The first kappa shape index (κ1) is 17.9. The van der Waals surface area contributed by atoms with Gasteiger partial charge in [-0.25, -0.2) is 4.98 Å². The van der Waals surface area contributed by atoms with Gasteiger partial charge in [-0.2, -0.15) is 0 Å². The molecule has 3 heterocycles. The molecule has 0 aromatic carbocycles. The predicted octanol–water partition coefficient (Wildman–Crippen LogP) is 3.84. The topological polar surface area (TPSA) is 85.6 Å². The number of halogens is 1. The highest BCUT2D eigenvalue weighted by molar-refractivity contribution is 8.00. The first-order valence-electron chi connectivity index (χ1n) is 8.57. The smallest absolute Gasteiger partial charge is 0.237 e. The van der Waals surface area contributed by atoms with Crippen molar-refractivity contribution in [3.63, 3.8) is 0 Å². The van der Waals surface area contributed by atoms with Crippen LogP contribution in [0, 0.1) is 0 Å². The van der Waals surface area contributed by atoms with Crippen LogP contribution in [0.1, 0.15) is 25.8 Å². The fourth-order valence-corrected chi connectivity index (χ4v) is 3.73. The maximum Gasteiger partial charge on any atom is 0.237 e. The molecule has 0 aliphatic heterocycles. The van der Waals surface area contributed by atoms with Crippen molar-refractivity contribution >= 4 is 35.0 Å². The van der Waals surface area contributed by atoms with E-state index in [2.05, 4.69) is 30.0 Å². The second kappa shape index (κ2) is 7.66. The number of carbonyl (C=O) groups is 1. The Hall–Kier alpha value is -2.45. The van der Waals surface area contributed by atoms with Crippen LogP contribution in [0.2, 0.25) is 5.15 Å². The van der Waals surface area contributed by atoms with E-state index in [9.17, 15) is 4.79 Å². The molecule has 138 valence electrons. The second-order valence-electron chi connectivity index (χ2n) is 6.23. The van der Waals surface area contributed by atoms with E-state index in [-0.39, 0.29) is 16.3 Å². The Kier molecular flexibility index (Phi) is 5.09. The van der Waals surface area contributed by atoms with Crippen molar-refractivity contribution in [2.75, 3.05) is 5.32 Å². The van der Waals surface area contributed by atoms with Gasteiger partial charge in [-0.15, -0.1) is 10.2 Å². The van der Waals surface area contributed by atoms with Crippen LogP contribution in [0.15, 0.2) is 48.0 Å². The molecular formula is C18H17ClN6OS. The quantitative estimate of drug-likeness (QED) is 0.499. The van der Waals surface area contributed by atoms with Crippen molar-refractivity contribution in [2.45, 2.75) is 36.2 Å². The molecule has 1 fully saturated rings. The molecule has 0 bridgehead atoms. The molecule has 1 aliphatic carbocycles. The normalized spacial score (nSPS) is 14.7. The Bertz CT molecular complexity index is 959. The Morgan fingerprint density at radius 3 is 2.74 bits per heavy atom. The Morgan fingerprint density at radius 1 is 1.26 bits per heavy atom. The number of anilines is 1. The zero-order valence-electron chi connectivity index (χ0n) is 14.5. The van der Waals surface area contributed by atoms with Crippen LogP contribution >= 0.6 is 23.4 Å². The van der Waals surface area contributed by atoms with E-state index >= 15 is 0 Å². The van der Waals surface area contributed by atoms with E-state index in [0.717, 1.165) is 29.4 Å². The van der Waals surface area contributed by atoms with E-state index < -0.39 is 0 Å². The van der Waals surface area contributed by atoms with Crippen LogP contribution in [0.4, 0.5) is 5.69 Å². The van der Waals surface area contributed by atoms with Crippen LogP contribution in [-0.2, 0) is 4.79 Å². The standard InChI is InChI=1S/C18H17ClN6OS/c1-11(17(26)22-14-3-2-8-21-15(14)19)27-18-24-23-16(25(18)13-4-5-13)12-6-9-20-10-7-12/h2-3,6-11,13H,4-5H2,1H3,(H,22,26)/t11-/m1/s1. The van der Waals surface area contributed by atoms with E-state index in [1.165, 1.54) is 11.8 Å². The number of rotatable bonds is 6. The molecule has 1 aliphatic rings. The highest BCUT2D eigenvalue weighted by Crippen LogP contribution is 2.41. The van der Waals surface area contributed by atoms with Crippen LogP contribution in [0.5, 0.6) is 0 Å². The summed E-state index contributed by atoms with van der Waals surface area (Å²) in [6, 6.07) is 7.66. The Balaban J connectivity index is 1.53. The third-order valence-electron chi connectivity index (χ3n) is 4.18. The van der Waals surface area contributed by atoms with Gasteiger partial charge in [0.25, 0.3) is 0 Å². The van der Waals surface area contributed by atoms with Gasteiger partial charge < -0.3 is 5.32 Å². The molecule has 27 heavy (non-hydrogen) atoms. The molecule has 0 saturated heterocycles. The molecule has 1 atom stereocenters. The summed E-state index contributed by atoms with van der Waals surface area (Å²) in [7, 11) is 0. The predicted molar refractivity (Wildman–Crippen MR) is 105 cm³/mol. The van der Waals surface area contributed by atoms with Gasteiger partial charge in [-0.1, -0.05) is 23.4 Å². The molecule has 7 nitrogen and oxygen atoms in total. The summed E-state index contributed by atoms with van der Waals surface area (Å²) in [6.45, 7) is 1.84. The summed E-state index contributed by atoms with van der Waals surface area (Å²) in [5.41, 5.74) is 1.47. The Labute approximate surface area is 165 Å². The lowest BCUT2D eigenvalue weighted by molar-refractivity contribution is -0.115. The minimum absolute atomic E-state index is 0.161. The molecule has 0 spiro atoms. The van der Waals surface area contributed by atoms with Gasteiger partial charge in [0.05, 0.1) is 10.9 Å². The molecule has 1 amide bonds. The van der Waals surface area contributed by atoms with Crippen LogP contribution in [0.3, 0.4) is 0 Å². The third kappa shape index (κ3) is 3.96. The number of nitrogens with zero attached hydrogens (tertiary/aromatic N) is 5. The minimum Gasteiger partial charge on any atom is -0.322 e. The van der Waals surface area contributed by atoms with Crippen molar-refractivity contribution in [1.82, 2.24) is 24.7 Å². The van der Waals surface area contributed by atoms with Gasteiger partial charge in [-0.3, -0.25) is 14.3 Å². The molecule has 4 rings (SSSR count). The number of amides is 1. The Morgan fingerprint density at radius 2 is 2.04 bits per heavy atom. The largest absolute Gasteiger partial charge is 0.322 e. The van der Waals surface area contributed by atoms with Crippen LogP contribution in [0.25, 0.3) is 11.4 Å². The minimum atomic E-state index is -0.367. The molecule has 0 radical (unpaired) electrons. The highest BCUT2D eigenvalue weighted by Gasteiger charge is 2.31. The number of hydrogen-bond donors (Lipinski definition) is 1. The lowest BCUT2D eigenvalue weighted by atomic mass is 10.2. The molecule has 1 N–H and O–H groups in total. The first-order valence-corrected chi connectivity index (χ1v) is 9.82. The number of thioether (sulfide) groups is 1. The maximum atomic E-state index is 12.6. The van der Waals surface area contributed by atoms with Gasteiger partial charge in [0, 0.05) is 30.2 Å². The fourth-order valence-electron chi connectivity index (χ4n) is 2.64. The highest BCUT2D eigenvalue weighted by atomic mass is 35.5. The summed E-state index contributed by atoms with van der Waals surface area (Å²) in [6.07, 6.45) is 7.24. The second-order valence-corrected chi connectivity index (χ2v) is 7.90. The SMILES string of the molecule is C[C@@H](Sc1nnc(-c2ccncc2)n1C1CC1)C(=O)Nc1cccnc1Cl. The van der Waals surface area contributed by atoms with Crippen LogP contribution < -0.4 is 5.32 Å². The third-order valence-corrected chi connectivity index (χ3v) is 5.54. The van der Waals surface area contributed by atoms with E-state index in [1.807, 2.05) is 19.1 Å². The molecule has 0 unspecified atom stereocenters. The van der Waals surface area contributed by atoms with E-state index in [1.54, 1.807) is 30.7 Å². The van der Waals surface area contributed by atoms with Crippen molar-refractivity contribution < 1.29 is 4.79 Å². The number of aromatic nitrogens is 5. The van der Waals surface area contributed by atoms with Crippen molar-refractivity contribution in [1.29, 1.82) is 0 Å². The van der Waals surface area contributed by atoms with Gasteiger partial charge in [0.1, 0.15) is 0 Å². The van der Waals surface area contributed by atoms with Crippen molar-refractivity contribution in [2.24, 2.45) is 0 Å². The lowest BCUT2D eigenvalue weighted by Gasteiger charge is -2.13. The zero-order valence-corrected chi connectivity index (χ0v) is 16.1. The fraction of sp³-hybridized carbons (Fsp3) is 0.278. The summed E-state index contributed by atoms with van der Waals surface area (Å²) in [4.78, 5) is 20.6. The zero-order chi connectivity index (χ0) is 18.8. The molecule has 1 saturated carbocycles. The first-order chi connectivity index (χ1) is 13.1. The monoisotopic (exact) mass is 400 g/mol. The van der Waals surface area contributed by atoms with Crippen LogP contribution in [-0.4, -0.2) is 35.9 Å². The summed E-state index contributed by atoms with van der Waals surface area (Å²) >= 11 is 7.40. The molecular weight excluding hydrogens is 384 g/mol. The van der Waals surface area contributed by atoms with Gasteiger partial charge in [0.15, 0.2) is 16.1 Å². The van der Waals surface area contributed by atoms with Crippen molar-refractivity contribution in [3.05, 3.63) is 48.0 Å². The van der Waals surface area contributed by atoms with Gasteiger partial charge >= 0.3 is 0 Å². The average Bonchev–Trinajstić information content (AvgIpc) is 3.44. The molecule has 3 aromatic heterocycles. The number of carbonyl (C=O) groups excluding carboxylic acids is 1. The summed E-state index contributed by atoms with van der Waals surface area (Å²) in [5, 5.41) is 12.2. The van der Waals surface area contributed by atoms with Gasteiger partial charge in [-0.05, 0) is 44.0 Å². The molecule has 9 heteroatoms. The van der Waals surface area contributed by atoms with E-state index in [0.29, 0.717) is 11.7 Å². The van der Waals surface area contributed by atoms with Gasteiger partial charge in [0.2, 0.25) is 5.91 Å². The lowest BCUT2D eigenvalue weighted by Crippen LogP contribution is -2.23. The number of hydrogen-bond acceptors (Lipinski definition) is 6. The summed E-state index contributed by atoms with van der Waals surface area (Å²) < 4.78 is 2.13. The van der Waals surface area contributed by atoms with Crippen molar-refractivity contribution in [3.8, 4) is 11.4 Å². The maximum absolute atomic E-state index is 12.6. The number of nitrogens with one attached hydrogen (secondary N) is 1.